The molecule has 1 saturated heterocycles. The molecule has 4 rings (SSSR count). The lowest BCUT2D eigenvalue weighted by Crippen LogP contribution is -2.33. The number of carbonyl (C=O) groups excluding carboxylic acids is 1. The van der Waals surface area contributed by atoms with Gasteiger partial charge in [-0.05, 0) is 43.7 Å². The molecule has 1 aromatic heterocycles. The van der Waals surface area contributed by atoms with E-state index in [1.165, 1.54) is 0 Å². The van der Waals surface area contributed by atoms with Gasteiger partial charge in [0.05, 0.1) is 28.6 Å². The first-order valence-corrected chi connectivity index (χ1v) is 11.3. The molecule has 1 fully saturated rings. The molecule has 2 heterocycles. The quantitative estimate of drug-likeness (QED) is 0.265. The predicted octanol–water partition coefficient (Wildman–Crippen LogP) is 6.85. The van der Waals surface area contributed by atoms with E-state index in [-0.39, 0.29) is 5.69 Å². The largest absolute Gasteiger partial charge is 0.461 e. The van der Waals surface area contributed by atoms with Crippen molar-refractivity contribution in [1.29, 1.82) is 0 Å². The van der Waals surface area contributed by atoms with E-state index in [4.69, 9.17) is 49.0 Å². The zero-order valence-corrected chi connectivity index (χ0v) is 19.7. The Morgan fingerprint density at radius 1 is 1.09 bits per heavy atom. The van der Waals surface area contributed by atoms with Gasteiger partial charge in [0.15, 0.2) is 18.3 Å². The summed E-state index contributed by atoms with van der Waals surface area (Å²) in [5, 5.41) is 6.03. The number of halogens is 3. The van der Waals surface area contributed by atoms with Gasteiger partial charge in [-0.2, -0.15) is 5.10 Å². The fourth-order valence-electron chi connectivity index (χ4n) is 3.39. The summed E-state index contributed by atoms with van der Waals surface area (Å²) in [7, 11) is 0. The Kier molecular flexibility index (Phi) is 7.08. The van der Waals surface area contributed by atoms with Gasteiger partial charge in [-0.3, -0.25) is 0 Å². The molecule has 0 radical (unpaired) electrons. The summed E-state index contributed by atoms with van der Waals surface area (Å²) in [6.45, 7) is 4.09. The first-order valence-electron chi connectivity index (χ1n) is 10.2. The molecule has 0 bridgehead atoms. The van der Waals surface area contributed by atoms with Gasteiger partial charge in [0, 0.05) is 15.6 Å². The molecule has 0 saturated carbocycles. The third-order valence-corrected chi connectivity index (χ3v) is 5.76. The van der Waals surface area contributed by atoms with E-state index in [2.05, 4.69) is 5.10 Å². The van der Waals surface area contributed by atoms with Crippen LogP contribution in [0.3, 0.4) is 0 Å². The number of esters is 1. The van der Waals surface area contributed by atoms with Crippen LogP contribution >= 0.6 is 34.8 Å². The van der Waals surface area contributed by atoms with E-state index in [0.717, 1.165) is 18.4 Å². The molecule has 32 heavy (non-hydrogen) atoms. The van der Waals surface area contributed by atoms with Gasteiger partial charge in [-0.25, -0.2) is 9.48 Å². The van der Waals surface area contributed by atoms with Crippen molar-refractivity contribution in [3.05, 3.63) is 68.8 Å². The number of hydrogen-bond acceptors (Lipinski definition) is 5. The van der Waals surface area contributed by atoms with Crippen LogP contribution in [0.5, 0.6) is 0 Å². The second-order valence-corrected chi connectivity index (χ2v) is 8.57. The molecular formula is C23H21Cl3N2O4. The van der Waals surface area contributed by atoms with Gasteiger partial charge in [-0.1, -0.05) is 60.3 Å². The summed E-state index contributed by atoms with van der Waals surface area (Å²) in [5.74, 6) is -0.556. The van der Waals surface area contributed by atoms with E-state index in [0.29, 0.717) is 38.6 Å². The van der Waals surface area contributed by atoms with Gasteiger partial charge in [0.25, 0.3) is 0 Å². The minimum atomic E-state index is -0.774. The maximum absolute atomic E-state index is 13.0. The van der Waals surface area contributed by atoms with Crippen molar-refractivity contribution in [2.24, 2.45) is 0 Å². The second-order valence-electron chi connectivity index (χ2n) is 7.29. The molecule has 168 valence electrons. The first-order chi connectivity index (χ1) is 15.4. The smallest absolute Gasteiger partial charge is 0.359 e. The van der Waals surface area contributed by atoms with Crippen molar-refractivity contribution >= 4 is 40.8 Å². The molecular weight excluding hydrogens is 475 g/mol. The molecule has 0 aliphatic carbocycles. The summed E-state index contributed by atoms with van der Waals surface area (Å²) in [4.78, 5) is 13.0. The maximum atomic E-state index is 13.0. The Morgan fingerprint density at radius 3 is 2.41 bits per heavy atom. The summed E-state index contributed by atoms with van der Waals surface area (Å²) in [5.41, 5.74) is 2.46. The number of nitrogens with zero attached hydrogens (tertiary/aromatic N) is 2. The van der Waals surface area contributed by atoms with Gasteiger partial charge in [0.2, 0.25) is 0 Å². The van der Waals surface area contributed by atoms with Crippen molar-refractivity contribution in [2.45, 2.75) is 39.3 Å². The number of hydrogen-bond donors (Lipinski definition) is 0. The molecule has 3 aromatic rings. The van der Waals surface area contributed by atoms with Crippen LogP contribution < -0.4 is 0 Å². The summed E-state index contributed by atoms with van der Waals surface area (Å²) in [6.07, 6.45) is 0.480. The van der Waals surface area contributed by atoms with E-state index in [9.17, 15) is 4.79 Å². The van der Waals surface area contributed by atoms with Gasteiger partial charge in [-0.15, -0.1) is 0 Å². The molecule has 2 aromatic carbocycles. The highest BCUT2D eigenvalue weighted by atomic mass is 35.5. The third kappa shape index (κ3) is 4.65. The van der Waals surface area contributed by atoms with Crippen LogP contribution in [0.25, 0.3) is 16.9 Å². The Bertz CT molecular complexity index is 1130. The van der Waals surface area contributed by atoms with Crippen LogP contribution in [0.4, 0.5) is 0 Å². The number of aromatic nitrogens is 2. The van der Waals surface area contributed by atoms with E-state index < -0.39 is 18.5 Å². The predicted molar refractivity (Wildman–Crippen MR) is 124 cm³/mol. The molecule has 0 atom stereocenters. The lowest BCUT2D eigenvalue weighted by Gasteiger charge is -2.34. The SMILES string of the molecule is CCCCOC(=O)c1nn(-c2ccc(Cl)cc2Cl)c(-c2ccc(Cl)cc2)c1C1OC(C)O1. The zero-order chi connectivity index (χ0) is 22.8. The topological polar surface area (TPSA) is 62.6 Å². The lowest BCUT2D eigenvalue weighted by atomic mass is 10.0. The highest BCUT2D eigenvalue weighted by Gasteiger charge is 2.39. The molecule has 0 amide bonds. The van der Waals surface area contributed by atoms with Crippen LogP contribution in [0.15, 0.2) is 42.5 Å². The van der Waals surface area contributed by atoms with E-state index in [1.807, 2.05) is 19.1 Å². The number of unbranched alkanes of at least 4 members (excludes halogenated alkanes) is 1. The normalized spacial score (nSPS) is 17.8. The van der Waals surface area contributed by atoms with Crippen molar-refractivity contribution in [3.8, 4) is 16.9 Å². The summed E-state index contributed by atoms with van der Waals surface area (Å²) in [6, 6.07) is 12.2. The molecule has 0 N–H and O–H groups in total. The Hall–Kier alpha value is -2.09. The zero-order valence-electron chi connectivity index (χ0n) is 17.5. The second kappa shape index (κ2) is 9.81. The van der Waals surface area contributed by atoms with Crippen LogP contribution in [0.2, 0.25) is 15.1 Å². The fourth-order valence-corrected chi connectivity index (χ4v) is 4.00. The van der Waals surface area contributed by atoms with Crippen molar-refractivity contribution < 1.29 is 19.0 Å². The van der Waals surface area contributed by atoms with E-state index >= 15 is 0 Å². The minimum absolute atomic E-state index is 0.106. The van der Waals surface area contributed by atoms with Crippen LogP contribution in [0.1, 0.15) is 49.0 Å². The Balaban J connectivity index is 1.92. The van der Waals surface area contributed by atoms with Gasteiger partial charge in [0.1, 0.15) is 0 Å². The monoisotopic (exact) mass is 494 g/mol. The van der Waals surface area contributed by atoms with Crippen molar-refractivity contribution in [1.82, 2.24) is 9.78 Å². The number of carbonyl (C=O) groups is 1. The number of ether oxygens (including phenoxy) is 3. The van der Waals surface area contributed by atoms with Crippen LogP contribution in [0, 0.1) is 0 Å². The summed E-state index contributed by atoms with van der Waals surface area (Å²) < 4.78 is 18.6. The lowest BCUT2D eigenvalue weighted by molar-refractivity contribution is -0.382. The molecule has 9 heteroatoms. The fraction of sp³-hybridized carbons (Fsp3) is 0.304. The molecule has 0 unspecified atom stereocenters. The average molecular weight is 496 g/mol. The highest BCUT2D eigenvalue weighted by Crippen LogP contribution is 2.42. The Labute approximate surface area is 200 Å². The number of benzene rings is 2. The minimum Gasteiger partial charge on any atom is -0.461 e. The molecule has 1 aliphatic heterocycles. The third-order valence-electron chi connectivity index (χ3n) is 4.97. The standard InChI is InChI=1S/C23H21Cl3N2O4/c1-3-4-11-30-22(29)20-19(23-31-13(2)32-23)21(14-5-7-15(24)8-6-14)28(27-20)18-10-9-16(25)12-17(18)26/h5-10,12-13,23H,3-4,11H2,1-2H3. The van der Waals surface area contributed by atoms with Gasteiger partial charge >= 0.3 is 5.97 Å². The van der Waals surface area contributed by atoms with Crippen LogP contribution in [-0.2, 0) is 14.2 Å². The average Bonchev–Trinajstić information content (AvgIpc) is 3.12. The molecule has 0 spiro atoms. The number of rotatable bonds is 7. The first kappa shape index (κ1) is 23.1. The Morgan fingerprint density at radius 2 is 1.78 bits per heavy atom. The van der Waals surface area contributed by atoms with Gasteiger partial charge < -0.3 is 14.2 Å². The van der Waals surface area contributed by atoms with Crippen molar-refractivity contribution in [2.75, 3.05) is 6.61 Å². The van der Waals surface area contributed by atoms with Crippen LogP contribution in [-0.4, -0.2) is 28.6 Å². The molecule has 6 nitrogen and oxygen atoms in total. The summed E-state index contributed by atoms with van der Waals surface area (Å²) >= 11 is 18.7. The molecule has 1 aliphatic rings. The maximum Gasteiger partial charge on any atom is 0.359 e. The van der Waals surface area contributed by atoms with E-state index in [1.54, 1.807) is 41.9 Å². The van der Waals surface area contributed by atoms with Crippen molar-refractivity contribution in [3.63, 3.8) is 0 Å². The highest BCUT2D eigenvalue weighted by molar-refractivity contribution is 6.35.